The zero-order valence-electron chi connectivity index (χ0n) is 22.9. The summed E-state index contributed by atoms with van der Waals surface area (Å²) in [6.45, 7) is 7.51. The molecule has 3 aromatic carbocycles. The first-order valence-corrected chi connectivity index (χ1v) is 14.8. The van der Waals surface area contributed by atoms with Crippen molar-refractivity contribution in [1.82, 2.24) is 10.2 Å². The molecule has 0 aliphatic heterocycles. The van der Waals surface area contributed by atoms with Crippen LogP contribution in [0.2, 0.25) is 5.02 Å². The van der Waals surface area contributed by atoms with E-state index in [2.05, 4.69) is 5.32 Å². The number of unbranched alkanes of at least 4 members (excludes halogenated alkanes) is 1. The average Bonchev–Trinajstić information content (AvgIpc) is 2.92. The average molecular weight is 570 g/mol. The Balaban J connectivity index is 2.01. The molecule has 0 bridgehead atoms. The van der Waals surface area contributed by atoms with E-state index in [0.29, 0.717) is 11.6 Å². The van der Waals surface area contributed by atoms with E-state index in [-0.39, 0.29) is 23.0 Å². The topological polar surface area (TPSA) is 86.8 Å². The van der Waals surface area contributed by atoms with Crippen molar-refractivity contribution in [3.8, 4) is 0 Å². The summed E-state index contributed by atoms with van der Waals surface area (Å²) in [7, 11) is -4.14. The highest BCUT2D eigenvalue weighted by Crippen LogP contribution is 2.28. The lowest BCUT2D eigenvalue weighted by atomic mass is 10.1. The summed E-state index contributed by atoms with van der Waals surface area (Å²) >= 11 is 6.36. The minimum atomic E-state index is -4.14. The van der Waals surface area contributed by atoms with Crippen molar-refractivity contribution in [2.75, 3.05) is 17.4 Å². The molecule has 2 amide bonds. The third kappa shape index (κ3) is 7.83. The molecule has 0 spiro atoms. The maximum atomic E-state index is 13.9. The highest BCUT2D eigenvalue weighted by molar-refractivity contribution is 7.92. The van der Waals surface area contributed by atoms with Gasteiger partial charge >= 0.3 is 0 Å². The molecule has 0 radical (unpaired) electrons. The van der Waals surface area contributed by atoms with E-state index >= 15 is 0 Å². The number of halogens is 1. The van der Waals surface area contributed by atoms with Gasteiger partial charge in [0, 0.05) is 18.1 Å². The van der Waals surface area contributed by atoms with Crippen molar-refractivity contribution in [3.05, 3.63) is 94.5 Å². The first kappa shape index (κ1) is 30.2. The number of nitrogens with zero attached hydrogens (tertiary/aromatic N) is 2. The van der Waals surface area contributed by atoms with Crippen molar-refractivity contribution in [2.45, 2.75) is 58.0 Å². The summed E-state index contributed by atoms with van der Waals surface area (Å²) < 4.78 is 28.8. The number of amides is 2. The third-order valence-corrected chi connectivity index (χ3v) is 8.72. The molecule has 0 aliphatic carbocycles. The summed E-state index contributed by atoms with van der Waals surface area (Å²) in [4.78, 5) is 28.4. The Morgan fingerprint density at radius 3 is 2.26 bits per heavy atom. The summed E-state index contributed by atoms with van der Waals surface area (Å²) in [6, 6.07) is 19.8. The molecule has 39 heavy (non-hydrogen) atoms. The molecular weight excluding hydrogens is 534 g/mol. The minimum absolute atomic E-state index is 0.0533. The van der Waals surface area contributed by atoms with Crippen molar-refractivity contribution >= 4 is 39.1 Å². The lowest BCUT2D eigenvalue weighted by molar-refractivity contribution is -0.139. The monoisotopic (exact) mass is 569 g/mol. The molecule has 3 rings (SSSR count). The highest BCUT2D eigenvalue weighted by atomic mass is 35.5. The summed E-state index contributed by atoms with van der Waals surface area (Å²) in [6.07, 6.45) is 1.74. The first-order chi connectivity index (χ1) is 18.5. The normalized spacial score (nSPS) is 12.0. The molecule has 0 heterocycles. The van der Waals surface area contributed by atoms with Gasteiger partial charge in [-0.1, -0.05) is 79.0 Å². The lowest BCUT2D eigenvalue weighted by Gasteiger charge is -2.32. The van der Waals surface area contributed by atoms with Gasteiger partial charge in [0.15, 0.2) is 0 Å². The highest BCUT2D eigenvalue weighted by Gasteiger charge is 2.32. The second kappa shape index (κ2) is 13.6. The number of sulfonamides is 1. The quantitative estimate of drug-likeness (QED) is 0.292. The largest absolute Gasteiger partial charge is 0.354 e. The van der Waals surface area contributed by atoms with Gasteiger partial charge in [0.05, 0.1) is 10.6 Å². The van der Waals surface area contributed by atoms with Gasteiger partial charge in [-0.3, -0.25) is 13.9 Å². The number of hydrogen-bond donors (Lipinski definition) is 1. The molecular formula is C30H36ClN3O4S. The molecule has 208 valence electrons. The molecule has 1 N–H and O–H groups in total. The Labute approximate surface area is 236 Å². The maximum Gasteiger partial charge on any atom is 0.264 e. The lowest BCUT2D eigenvalue weighted by Crippen LogP contribution is -2.51. The van der Waals surface area contributed by atoms with E-state index in [1.165, 1.54) is 17.0 Å². The Morgan fingerprint density at radius 1 is 0.974 bits per heavy atom. The van der Waals surface area contributed by atoms with Crippen LogP contribution in [0.4, 0.5) is 5.69 Å². The number of aryl methyl sites for hydroxylation is 2. The van der Waals surface area contributed by atoms with Crippen LogP contribution < -0.4 is 9.62 Å². The SMILES string of the molecule is CCCCNC(=O)[C@@H](C)N(Cc1ccccc1)C(=O)CN(c1ccc(C)c(Cl)c1)S(=O)(=O)c1ccc(C)cc1. The Kier molecular flexibility index (Phi) is 10.5. The van der Waals surface area contributed by atoms with Crippen LogP contribution in [0.5, 0.6) is 0 Å². The molecule has 9 heteroatoms. The predicted octanol–water partition coefficient (Wildman–Crippen LogP) is 5.49. The Morgan fingerprint density at radius 2 is 1.64 bits per heavy atom. The van der Waals surface area contributed by atoms with Gasteiger partial charge in [-0.05, 0) is 62.6 Å². The molecule has 0 fully saturated rings. The van der Waals surface area contributed by atoms with Crippen LogP contribution in [0.1, 0.15) is 43.4 Å². The predicted molar refractivity (Wildman–Crippen MR) is 156 cm³/mol. The van der Waals surface area contributed by atoms with Crippen LogP contribution in [0.15, 0.2) is 77.7 Å². The van der Waals surface area contributed by atoms with Gasteiger partial charge in [-0.15, -0.1) is 0 Å². The van der Waals surface area contributed by atoms with Crippen molar-refractivity contribution in [1.29, 1.82) is 0 Å². The summed E-state index contributed by atoms with van der Waals surface area (Å²) in [5.41, 5.74) is 2.78. The van der Waals surface area contributed by atoms with E-state index in [1.54, 1.807) is 37.3 Å². The second-order valence-electron chi connectivity index (χ2n) is 9.59. The third-order valence-electron chi connectivity index (χ3n) is 6.52. The molecule has 0 saturated heterocycles. The van der Waals surface area contributed by atoms with Crippen LogP contribution in [-0.4, -0.2) is 44.3 Å². The zero-order valence-corrected chi connectivity index (χ0v) is 24.4. The van der Waals surface area contributed by atoms with Gasteiger partial charge < -0.3 is 10.2 Å². The van der Waals surface area contributed by atoms with E-state index in [4.69, 9.17) is 11.6 Å². The van der Waals surface area contributed by atoms with Crippen molar-refractivity contribution < 1.29 is 18.0 Å². The van der Waals surface area contributed by atoms with Crippen LogP contribution in [-0.2, 0) is 26.2 Å². The molecule has 1 atom stereocenters. The van der Waals surface area contributed by atoms with Crippen molar-refractivity contribution in [2.24, 2.45) is 0 Å². The Bertz CT molecular complexity index is 1380. The van der Waals surface area contributed by atoms with Gasteiger partial charge in [-0.2, -0.15) is 0 Å². The molecule has 0 saturated carbocycles. The van der Waals surface area contributed by atoms with Crippen LogP contribution >= 0.6 is 11.6 Å². The smallest absolute Gasteiger partial charge is 0.264 e. The number of carbonyl (C=O) groups is 2. The summed E-state index contributed by atoms with van der Waals surface area (Å²) in [5, 5.41) is 3.27. The molecule has 3 aromatic rings. The van der Waals surface area contributed by atoms with E-state index in [0.717, 1.165) is 33.8 Å². The van der Waals surface area contributed by atoms with Crippen LogP contribution in [0, 0.1) is 13.8 Å². The molecule has 0 unspecified atom stereocenters. The first-order valence-electron chi connectivity index (χ1n) is 13.0. The van der Waals surface area contributed by atoms with Gasteiger partial charge in [0.25, 0.3) is 10.0 Å². The van der Waals surface area contributed by atoms with Gasteiger partial charge in [0.1, 0.15) is 12.6 Å². The summed E-state index contributed by atoms with van der Waals surface area (Å²) in [5.74, 6) is -0.802. The molecule has 7 nitrogen and oxygen atoms in total. The minimum Gasteiger partial charge on any atom is -0.354 e. The number of carbonyl (C=O) groups excluding carboxylic acids is 2. The number of benzene rings is 3. The standard InChI is InChI=1S/C30H36ClN3O4S/c1-5-6-18-32-30(36)24(4)33(20-25-10-8-7-9-11-25)29(35)21-34(26-15-14-23(3)28(31)19-26)39(37,38)27-16-12-22(2)13-17-27/h7-17,19,24H,5-6,18,20-21H2,1-4H3,(H,32,36)/t24-/m1/s1. The van der Waals surface area contributed by atoms with Crippen LogP contribution in [0.25, 0.3) is 0 Å². The fourth-order valence-corrected chi connectivity index (χ4v) is 5.58. The van der Waals surface area contributed by atoms with Crippen molar-refractivity contribution in [3.63, 3.8) is 0 Å². The van der Waals surface area contributed by atoms with E-state index in [1.807, 2.05) is 51.1 Å². The second-order valence-corrected chi connectivity index (χ2v) is 11.9. The number of nitrogens with one attached hydrogen (secondary N) is 1. The van der Waals surface area contributed by atoms with Gasteiger partial charge in [0.2, 0.25) is 11.8 Å². The number of rotatable bonds is 12. The van der Waals surface area contributed by atoms with E-state index in [9.17, 15) is 18.0 Å². The zero-order chi connectivity index (χ0) is 28.6. The van der Waals surface area contributed by atoms with Crippen LogP contribution in [0.3, 0.4) is 0 Å². The number of hydrogen-bond acceptors (Lipinski definition) is 4. The maximum absolute atomic E-state index is 13.9. The molecule has 0 aliphatic rings. The fourth-order valence-electron chi connectivity index (χ4n) is 4.00. The van der Waals surface area contributed by atoms with E-state index < -0.39 is 28.5 Å². The Hall–Kier alpha value is -3.36. The van der Waals surface area contributed by atoms with Gasteiger partial charge in [-0.25, -0.2) is 8.42 Å². The number of anilines is 1. The molecule has 0 aromatic heterocycles. The fraction of sp³-hybridized carbons (Fsp3) is 0.333.